The maximum atomic E-state index is 12.2. The molecule has 0 atom stereocenters. The molecule has 0 radical (unpaired) electrons. The van der Waals surface area contributed by atoms with Crippen molar-refractivity contribution in [3.8, 4) is 0 Å². The molecule has 1 saturated heterocycles. The Morgan fingerprint density at radius 1 is 1.33 bits per heavy atom. The zero-order chi connectivity index (χ0) is 15.6. The molecule has 21 heavy (non-hydrogen) atoms. The van der Waals surface area contributed by atoms with Crippen molar-refractivity contribution in [3.63, 3.8) is 0 Å². The fraction of sp³-hybridized carbons (Fsp3) is 0.727. The summed E-state index contributed by atoms with van der Waals surface area (Å²) >= 11 is 0. The van der Waals surface area contributed by atoms with Gasteiger partial charge in [0, 0.05) is 13.1 Å². The number of nitrogens with zero attached hydrogens (tertiary/aromatic N) is 4. The zero-order valence-electron chi connectivity index (χ0n) is 12.0. The largest absolute Gasteiger partial charge is 0.379 e. The lowest BCUT2D eigenvalue weighted by atomic mass is 10.3. The standard InChI is InChI=1S/C11H18N4O5S/c1-9-11(15(16)17)10(2)14(12-9)5-8-21(18,19)13-3-6-20-7-4-13/h3-8H2,1-2H3. The van der Waals surface area contributed by atoms with Crippen LogP contribution < -0.4 is 0 Å². The molecular weight excluding hydrogens is 300 g/mol. The highest BCUT2D eigenvalue weighted by Crippen LogP contribution is 2.21. The Hall–Kier alpha value is -1.52. The van der Waals surface area contributed by atoms with Crippen LogP contribution in [-0.4, -0.2) is 59.5 Å². The van der Waals surface area contributed by atoms with Gasteiger partial charge in [0.1, 0.15) is 11.4 Å². The molecule has 2 heterocycles. The van der Waals surface area contributed by atoms with Crippen molar-refractivity contribution in [2.24, 2.45) is 0 Å². The molecule has 0 aliphatic carbocycles. The topological polar surface area (TPSA) is 108 Å². The summed E-state index contributed by atoms with van der Waals surface area (Å²) < 4.78 is 32.3. The first-order chi connectivity index (χ1) is 9.83. The van der Waals surface area contributed by atoms with E-state index in [0.29, 0.717) is 37.7 Å². The number of aromatic nitrogens is 2. The van der Waals surface area contributed by atoms with E-state index in [1.54, 1.807) is 6.92 Å². The summed E-state index contributed by atoms with van der Waals surface area (Å²) in [5.74, 6) is -0.133. The van der Waals surface area contributed by atoms with E-state index < -0.39 is 14.9 Å². The number of sulfonamides is 1. The maximum absolute atomic E-state index is 12.2. The normalized spacial score (nSPS) is 17.0. The molecule has 0 saturated carbocycles. The predicted molar refractivity (Wildman–Crippen MR) is 74.5 cm³/mol. The van der Waals surface area contributed by atoms with E-state index in [-0.39, 0.29) is 18.0 Å². The van der Waals surface area contributed by atoms with Gasteiger partial charge < -0.3 is 4.74 Å². The molecule has 0 unspecified atom stereocenters. The minimum absolute atomic E-state index is 0.0567. The highest BCUT2D eigenvalue weighted by molar-refractivity contribution is 7.89. The van der Waals surface area contributed by atoms with Crippen molar-refractivity contribution in [1.82, 2.24) is 14.1 Å². The first-order valence-electron chi connectivity index (χ1n) is 6.57. The summed E-state index contributed by atoms with van der Waals surface area (Å²) in [7, 11) is -3.40. The van der Waals surface area contributed by atoms with Crippen LogP contribution >= 0.6 is 0 Å². The Morgan fingerprint density at radius 2 is 1.95 bits per heavy atom. The maximum Gasteiger partial charge on any atom is 0.312 e. The van der Waals surface area contributed by atoms with Crippen molar-refractivity contribution in [2.45, 2.75) is 20.4 Å². The van der Waals surface area contributed by atoms with Crippen LogP contribution in [0.5, 0.6) is 0 Å². The van der Waals surface area contributed by atoms with E-state index in [4.69, 9.17) is 4.74 Å². The number of rotatable bonds is 5. The molecule has 1 aromatic heterocycles. The third-order valence-corrected chi connectivity index (χ3v) is 5.30. The average molecular weight is 318 g/mol. The molecule has 0 N–H and O–H groups in total. The molecule has 0 bridgehead atoms. The van der Waals surface area contributed by atoms with Gasteiger partial charge in [0.2, 0.25) is 10.0 Å². The highest BCUT2D eigenvalue weighted by Gasteiger charge is 2.26. The second kappa shape index (κ2) is 6.08. The molecule has 2 rings (SSSR count). The lowest BCUT2D eigenvalue weighted by Crippen LogP contribution is -2.42. The Bertz CT molecular complexity index is 633. The highest BCUT2D eigenvalue weighted by atomic mass is 32.2. The van der Waals surface area contributed by atoms with Crippen LogP contribution in [0.3, 0.4) is 0 Å². The Labute approximate surface area is 122 Å². The summed E-state index contributed by atoms with van der Waals surface area (Å²) in [6, 6.07) is 0. The summed E-state index contributed by atoms with van der Waals surface area (Å²) in [6.07, 6.45) is 0. The van der Waals surface area contributed by atoms with Gasteiger partial charge >= 0.3 is 5.69 Å². The molecule has 0 amide bonds. The second-order valence-electron chi connectivity index (χ2n) is 4.83. The summed E-state index contributed by atoms with van der Waals surface area (Å²) in [5.41, 5.74) is 0.606. The summed E-state index contributed by atoms with van der Waals surface area (Å²) in [5, 5.41) is 15.0. The Balaban J connectivity index is 2.09. The summed E-state index contributed by atoms with van der Waals surface area (Å²) in [6.45, 7) is 4.69. The molecule has 1 fully saturated rings. The number of hydrogen-bond donors (Lipinski definition) is 0. The number of nitro groups is 1. The number of hydrogen-bond acceptors (Lipinski definition) is 6. The van der Waals surface area contributed by atoms with Gasteiger partial charge in [-0.2, -0.15) is 9.40 Å². The molecule has 9 nitrogen and oxygen atoms in total. The van der Waals surface area contributed by atoms with Crippen molar-refractivity contribution >= 4 is 15.7 Å². The van der Waals surface area contributed by atoms with Gasteiger partial charge in [-0.15, -0.1) is 0 Å². The SMILES string of the molecule is Cc1nn(CCS(=O)(=O)N2CCOCC2)c(C)c1[N+](=O)[O-]. The number of morpholine rings is 1. The molecular formula is C11H18N4O5S. The lowest BCUT2D eigenvalue weighted by molar-refractivity contribution is -0.386. The van der Waals surface area contributed by atoms with Crippen LogP contribution in [0.4, 0.5) is 5.69 Å². The predicted octanol–water partition coefficient (Wildman–Crippen LogP) is 0.0701. The van der Waals surface area contributed by atoms with Crippen molar-refractivity contribution in [3.05, 3.63) is 21.5 Å². The van der Waals surface area contributed by atoms with Crippen LogP contribution in [0.2, 0.25) is 0 Å². The number of ether oxygens (including phenoxy) is 1. The van der Waals surface area contributed by atoms with E-state index in [9.17, 15) is 18.5 Å². The van der Waals surface area contributed by atoms with Gasteiger partial charge in [-0.05, 0) is 13.8 Å². The Kier molecular flexibility index (Phi) is 4.59. The van der Waals surface area contributed by atoms with Gasteiger partial charge in [-0.25, -0.2) is 8.42 Å². The van der Waals surface area contributed by atoms with E-state index in [1.165, 1.54) is 15.9 Å². The van der Waals surface area contributed by atoms with Crippen LogP contribution in [0.25, 0.3) is 0 Å². The van der Waals surface area contributed by atoms with Gasteiger partial charge in [-0.3, -0.25) is 14.8 Å². The van der Waals surface area contributed by atoms with Gasteiger partial charge in [0.05, 0.1) is 30.4 Å². The molecule has 10 heteroatoms. The van der Waals surface area contributed by atoms with Gasteiger partial charge in [0.25, 0.3) is 0 Å². The minimum Gasteiger partial charge on any atom is -0.379 e. The first kappa shape index (κ1) is 15.9. The Morgan fingerprint density at radius 3 is 2.48 bits per heavy atom. The van der Waals surface area contributed by atoms with E-state index >= 15 is 0 Å². The quantitative estimate of drug-likeness (QED) is 0.561. The third-order valence-electron chi connectivity index (χ3n) is 3.45. The fourth-order valence-electron chi connectivity index (χ4n) is 2.33. The average Bonchev–Trinajstić information content (AvgIpc) is 2.72. The van der Waals surface area contributed by atoms with E-state index in [2.05, 4.69) is 5.10 Å². The van der Waals surface area contributed by atoms with Gasteiger partial charge in [-0.1, -0.05) is 0 Å². The molecule has 0 spiro atoms. The smallest absolute Gasteiger partial charge is 0.312 e. The van der Waals surface area contributed by atoms with Crippen LogP contribution in [0.15, 0.2) is 0 Å². The van der Waals surface area contributed by atoms with Crippen LogP contribution in [0.1, 0.15) is 11.4 Å². The number of aryl methyl sites for hydroxylation is 2. The molecule has 118 valence electrons. The fourth-order valence-corrected chi connectivity index (χ4v) is 3.69. The van der Waals surface area contributed by atoms with E-state index in [0.717, 1.165) is 0 Å². The molecule has 1 aromatic rings. The van der Waals surface area contributed by atoms with Crippen LogP contribution in [-0.2, 0) is 21.3 Å². The lowest BCUT2D eigenvalue weighted by Gasteiger charge is -2.26. The monoisotopic (exact) mass is 318 g/mol. The second-order valence-corrected chi connectivity index (χ2v) is 6.92. The molecule has 0 aromatic carbocycles. The van der Waals surface area contributed by atoms with Crippen LogP contribution in [0, 0.1) is 24.0 Å². The third kappa shape index (κ3) is 3.39. The van der Waals surface area contributed by atoms with Gasteiger partial charge in [0.15, 0.2) is 0 Å². The molecule has 1 aliphatic rings. The van der Waals surface area contributed by atoms with E-state index in [1.807, 2.05) is 0 Å². The van der Waals surface area contributed by atoms with Crippen molar-refractivity contribution in [1.29, 1.82) is 0 Å². The summed E-state index contributed by atoms with van der Waals surface area (Å²) in [4.78, 5) is 10.4. The minimum atomic E-state index is -3.40. The molecule has 1 aliphatic heterocycles. The zero-order valence-corrected chi connectivity index (χ0v) is 12.8. The van der Waals surface area contributed by atoms with Crippen molar-refractivity contribution < 1.29 is 18.1 Å². The van der Waals surface area contributed by atoms with Crippen molar-refractivity contribution in [2.75, 3.05) is 32.1 Å². The first-order valence-corrected chi connectivity index (χ1v) is 8.18.